The van der Waals surface area contributed by atoms with Gasteiger partial charge in [0.2, 0.25) is 0 Å². The molecule has 2 aromatic rings. The molecule has 34 heavy (non-hydrogen) atoms. The average Bonchev–Trinajstić information content (AvgIpc) is 2.86. The summed E-state index contributed by atoms with van der Waals surface area (Å²) >= 11 is 0. The summed E-state index contributed by atoms with van der Waals surface area (Å²) in [4.78, 5) is 10.8. The Morgan fingerprint density at radius 2 is 1.29 bits per heavy atom. The van der Waals surface area contributed by atoms with Crippen molar-refractivity contribution in [1.29, 1.82) is 0 Å². The number of aldehydes is 1. The van der Waals surface area contributed by atoms with Crippen molar-refractivity contribution in [1.82, 2.24) is 0 Å². The summed E-state index contributed by atoms with van der Waals surface area (Å²) in [5.74, 6) is 0. The fourth-order valence-electron chi connectivity index (χ4n) is 4.66. The smallest absolute Gasteiger partial charge is 0.261 e. The second kappa shape index (κ2) is 13.1. The van der Waals surface area contributed by atoms with Crippen molar-refractivity contribution in [3.63, 3.8) is 0 Å². The molecule has 0 aliphatic rings. The van der Waals surface area contributed by atoms with Gasteiger partial charge in [0.15, 0.2) is 8.32 Å². The van der Waals surface area contributed by atoms with Crippen LogP contribution >= 0.6 is 0 Å². The van der Waals surface area contributed by atoms with Crippen molar-refractivity contribution in [2.45, 2.75) is 70.8 Å². The second-order valence-electron chi connectivity index (χ2n) is 9.78. The molecule has 0 unspecified atom stereocenters. The predicted molar refractivity (Wildman–Crippen MR) is 150 cm³/mol. The summed E-state index contributed by atoms with van der Waals surface area (Å²) in [5.41, 5.74) is 0. The fourth-order valence-corrected chi connectivity index (χ4v) is 11.9. The zero-order valence-electron chi connectivity index (χ0n) is 21.8. The van der Waals surface area contributed by atoms with E-state index in [1.54, 1.807) is 6.08 Å². The number of rotatable bonds is 13. The summed E-state index contributed by atoms with van der Waals surface area (Å²) in [6.45, 7) is 14.1. The highest BCUT2D eigenvalue weighted by molar-refractivity contribution is 6.99. The number of hydrogen-bond acceptors (Lipinski definition) is 3. The van der Waals surface area contributed by atoms with Crippen molar-refractivity contribution in [3.05, 3.63) is 85.0 Å². The molecule has 0 heterocycles. The summed E-state index contributed by atoms with van der Waals surface area (Å²) in [7, 11) is -4.50. The van der Waals surface area contributed by atoms with Crippen LogP contribution < -0.4 is 10.4 Å². The highest BCUT2D eigenvalue weighted by Crippen LogP contribution is 2.38. The Labute approximate surface area is 209 Å². The van der Waals surface area contributed by atoms with E-state index in [4.69, 9.17) is 8.85 Å². The number of carbonyl (C=O) groups excluding carboxylic acids is 1. The van der Waals surface area contributed by atoms with Gasteiger partial charge in [0.05, 0.1) is 12.7 Å². The molecule has 0 N–H and O–H groups in total. The minimum Gasteiger partial charge on any atom is -0.414 e. The fraction of sp³-hybridized carbons (Fsp3) is 0.414. The maximum atomic E-state index is 10.8. The Balaban J connectivity index is 2.60. The van der Waals surface area contributed by atoms with Gasteiger partial charge in [-0.1, -0.05) is 120 Å². The van der Waals surface area contributed by atoms with Gasteiger partial charge in [0, 0.05) is 0 Å². The van der Waals surface area contributed by atoms with Crippen LogP contribution in [-0.4, -0.2) is 35.6 Å². The normalized spacial score (nSPS) is 14.1. The lowest BCUT2D eigenvalue weighted by molar-refractivity contribution is -0.104. The van der Waals surface area contributed by atoms with Gasteiger partial charge in [0.1, 0.15) is 6.29 Å². The minimum atomic E-state index is -2.72. The van der Waals surface area contributed by atoms with Crippen LogP contribution in [-0.2, 0) is 13.6 Å². The van der Waals surface area contributed by atoms with Crippen molar-refractivity contribution >= 4 is 33.3 Å². The van der Waals surface area contributed by atoms with Crippen molar-refractivity contribution in [2.75, 3.05) is 6.61 Å². The molecule has 2 rings (SSSR count). The monoisotopic (exact) mass is 494 g/mol. The van der Waals surface area contributed by atoms with Crippen LogP contribution in [0.5, 0.6) is 0 Å². The number of carbonyl (C=O) groups is 1. The standard InChI is InChI=1S/C29H42O3Si2/c1-7-33(8-2,9-3)31-25-26(19-13-12-18-24-30)32-34(29(4,5)6,27-20-14-10-15-21-27)28-22-16-11-17-23-28/h10-24,26H,7-9,25H2,1-6H3/b18-12+,19-13+/t26-/m0/s1. The van der Waals surface area contributed by atoms with Crippen LogP contribution in [0.3, 0.4) is 0 Å². The third-order valence-electron chi connectivity index (χ3n) is 6.86. The number of benzene rings is 2. The van der Waals surface area contributed by atoms with E-state index in [-0.39, 0.29) is 11.1 Å². The van der Waals surface area contributed by atoms with E-state index in [9.17, 15) is 4.79 Å². The van der Waals surface area contributed by atoms with E-state index in [1.165, 1.54) is 16.4 Å². The molecule has 2 aromatic carbocycles. The molecule has 0 aromatic heterocycles. The van der Waals surface area contributed by atoms with Gasteiger partial charge in [-0.3, -0.25) is 4.79 Å². The van der Waals surface area contributed by atoms with Gasteiger partial charge in [-0.2, -0.15) is 0 Å². The van der Waals surface area contributed by atoms with Gasteiger partial charge >= 0.3 is 0 Å². The Morgan fingerprint density at radius 3 is 1.71 bits per heavy atom. The van der Waals surface area contributed by atoms with Crippen molar-refractivity contribution < 1.29 is 13.6 Å². The Hall–Kier alpha value is -2.06. The summed E-state index contributed by atoms with van der Waals surface area (Å²) in [5, 5.41) is 2.39. The molecule has 0 spiro atoms. The number of hydrogen-bond donors (Lipinski definition) is 0. The van der Waals surface area contributed by atoms with Crippen LogP contribution in [0.2, 0.25) is 23.2 Å². The molecule has 0 saturated carbocycles. The van der Waals surface area contributed by atoms with Crippen LogP contribution in [0.4, 0.5) is 0 Å². The molecular formula is C29H42O3Si2. The third kappa shape index (κ3) is 6.75. The first-order chi connectivity index (χ1) is 16.3. The lowest BCUT2D eigenvalue weighted by Gasteiger charge is -2.45. The molecule has 0 aliphatic heterocycles. The molecule has 5 heteroatoms. The average molecular weight is 495 g/mol. The van der Waals surface area contributed by atoms with Crippen LogP contribution in [0, 0.1) is 0 Å². The Bertz CT molecular complexity index is 866. The summed E-state index contributed by atoms with van der Waals surface area (Å²) < 4.78 is 14.0. The largest absolute Gasteiger partial charge is 0.414 e. The molecule has 0 aliphatic carbocycles. The maximum Gasteiger partial charge on any atom is 0.261 e. The van der Waals surface area contributed by atoms with Gasteiger partial charge in [0.25, 0.3) is 8.32 Å². The second-order valence-corrected chi connectivity index (χ2v) is 18.8. The van der Waals surface area contributed by atoms with Crippen molar-refractivity contribution in [3.8, 4) is 0 Å². The predicted octanol–water partition coefficient (Wildman–Crippen LogP) is 6.26. The molecule has 0 bridgehead atoms. The molecule has 0 saturated heterocycles. The molecule has 0 amide bonds. The summed E-state index contributed by atoms with van der Waals surface area (Å²) in [6.07, 6.45) is 7.80. The Kier molecular flexibility index (Phi) is 10.9. The zero-order valence-corrected chi connectivity index (χ0v) is 23.8. The van der Waals surface area contributed by atoms with E-state index in [0.29, 0.717) is 6.61 Å². The first kappa shape index (κ1) is 28.2. The van der Waals surface area contributed by atoms with Gasteiger partial charge < -0.3 is 8.85 Å². The van der Waals surface area contributed by atoms with E-state index in [2.05, 4.69) is 108 Å². The van der Waals surface area contributed by atoms with E-state index >= 15 is 0 Å². The first-order valence-corrected chi connectivity index (χ1v) is 16.9. The van der Waals surface area contributed by atoms with Gasteiger partial charge in [-0.05, 0) is 39.6 Å². The molecule has 1 atom stereocenters. The molecule has 3 nitrogen and oxygen atoms in total. The third-order valence-corrected chi connectivity index (χ3v) is 16.6. The maximum absolute atomic E-state index is 10.8. The topological polar surface area (TPSA) is 35.5 Å². The van der Waals surface area contributed by atoms with Crippen LogP contribution in [0.25, 0.3) is 0 Å². The molecule has 0 radical (unpaired) electrons. The highest BCUT2D eigenvalue weighted by Gasteiger charge is 2.51. The highest BCUT2D eigenvalue weighted by atomic mass is 28.4. The zero-order chi connectivity index (χ0) is 25.1. The molecule has 184 valence electrons. The lowest BCUT2D eigenvalue weighted by Crippen LogP contribution is -2.68. The quantitative estimate of drug-likeness (QED) is 0.143. The van der Waals surface area contributed by atoms with Crippen LogP contribution in [0.1, 0.15) is 41.5 Å². The van der Waals surface area contributed by atoms with E-state index in [0.717, 1.165) is 24.4 Å². The van der Waals surface area contributed by atoms with Gasteiger partial charge in [-0.15, -0.1) is 0 Å². The van der Waals surface area contributed by atoms with Crippen molar-refractivity contribution in [2.24, 2.45) is 0 Å². The number of allylic oxidation sites excluding steroid dienone is 3. The SMILES string of the molecule is CC[Si](CC)(CC)OC[C@H](/C=C/C=C/C=O)O[Si](c1ccccc1)(c1ccccc1)C(C)(C)C. The van der Waals surface area contributed by atoms with Crippen LogP contribution in [0.15, 0.2) is 85.0 Å². The first-order valence-electron chi connectivity index (χ1n) is 12.5. The van der Waals surface area contributed by atoms with E-state index in [1.807, 2.05) is 6.08 Å². The molecular weight excluding hydrogens is 452 g/mol. The lowest BCUT2D eigenvalue weighted by atomic mass is 10.2. The summed E-state index contributed by atoms with van der Waals surface area (Å²) in [6, 6.07) is 24.7. The van der Waals surface area contributed by atoms with E-state index < -0.39 is 16.6 Å². The minimum absolute atomic E-state index is 0.116. The molecule has 0 fully saturated rings. The van der Waals surface area contributed by atoms with Gasteiger partial charge in [-0.25, -0.2) is 0 Å². The Morgan fingerprint density at radius 1 is 0.794 bits per heavy atom.